The molecule has 0 amide bonds. The summed E-state index contributed by atoms with van der Waals surface area (Å²) in [5.41, 5.74) is 3.12. The van der Waals surface area contributed by atoms with E-state index in [1.807, 2.05) is 61.7 Å². The van der Waals surface area contributed by atoms with Crippen molar-refractivity contribution in [3.05, 3.63) is 76.5 Å². The van der Waals surface area contributed by atoms with E-state index in [0.717, 1.165) is 48.7 Å². The Morgan fingerprint density at radius 3 is 2.61 bits per heavy atom. The number of benzene rings is 1. The zero-order chi connectivity index (χ0) is 21.4. The molecule has 1 saturated heterocycles. The van der Waals surface area contributed by atoms with Crippen LogP contribution in [-0.2, 0) is 11.8 Å². The molecule has 4 heterocycles. The van der Waals surface area contributed by atoms with E-state index in [1.165, 1.54) is 0 Å². The van der Waals surface area contributed by atoms with E-state index in [-0.39, 0.29) is 11.5 Å². The summed E-state index contributed by atoms with van der Waals surface area (Å²) in [4.78, 5) is 17.0. The molecule has 0 atom stereocenters. The Morgan fingerprint density at radius 1 is 1.10 bits per heavy atom. The number of nitrogens with zero attached hydrogens (tertiary/aromatic N) is 4. The van der Waals surface area contributed by atoms with Crippen LogP contribution in [-0.4, -0.2) is 32.4 Å². The first-order valence-electron chi connectivity index (χ1n) is 10.5. The van der Waals surface area contributed by atoms with Crippen molar-refractivity contribution in [1.82, 2.24) is 19.2 Å². The lowest BCUT2D eigenvalue weighted by Crippen LogP contribution is -2.18. The maximum Gasteiger partial charge on any atom is 0.253 e. The fourth-order valence-electron chi connectivity index (χ4n) is 4.01. The molecule has 0 spiro atoms. The van der Waals surface area contributed by atoms with Crippen LogP contribution in [0.25, 0.3) is 16.8 Å². The number of aryl methyl sites for hydroxylation is 2. The molecule has 1 aliphatic rings. The minimum absolute atomic E-state index is 0.0158. The van der Waals surface area contributed by atoms with E-state index >= 15 is 0 Å². The van der Waals surface area contributed by atoms with E-state index in [9.17, 15) is 4.79 Å². The number of aromatic nitrogens is 4. The van der Waals surface area contributed by atoms with Crippen molar-refractivity contribution in [1.29, 1.82) is 0 Å². The highest BCUT2D eigenvalue weighted by Crippen LogP contribution is 2.35. The Balaban J connectivity index is 1.69. The topological polar surface area (TPSA) is 70.7 Å². The third kappa shape index (κ3) is 3.72. The molecule has 1 aromatic carbocycles. The number of para-hydroxylation sites is 1. The third-order valence-electron chi connectivity index (χ3n) is 5.69. The predicted molar refractivity (Wildman–Crippen MR) is 118 cm³/mol. The molecule has 7 nitrogen and oxygen atoms in total. The summed E-state index contributed by atoms with van der Waals surface area (Å²) in [6, 6.07) is 15.4. The minimum Gasteiger partial charge on any atom is -0.438 e. The van der Waals surface area contributed by atoms with Crippen LogP contribution in [0.1, 0.15) is 30.1 Å². The molecule has 0 bridgehead atoms. The Morgan fingerprint density at radius 2 is 1.87 bits per heavy atom. The fraction of sp³-hybridized carbons (Fsp3) is 0.292. The summed E-state index contributed by atoms with van der Waals surface area (Å²) >= 11 is 0. The third-order valence-corrected chi connectivity index (χ3v) is 5.69. The standard InChI is InChI=1S/C24H24N4O3/c1-16-14-18(15-27(2)23(16)29)20-8-9-21-25-22(17-10-12-30-13-11-17)26-28(21)24(20)31-19-6-4-3-5-7-19/h3-9,14-15,17H,10-13H2,1-2H3. The van der Waals surface area contributed by atoms with Crippen molar-refractivity contribution in [3.63, 3.8) is 0 Å². The van der Waals surface area contributed by atoms with Crippen molar-refractivity contribution in [2.24, 2.45) is 7.05 Å². The molecule has 0 radical (unpaired) electrons. The highest BCUT2D eigenvalue weighted by atomic mass is 16.5. The second kappa shape index (κ2) is 8.00. The molecule has 1 fully saturated rings. The Labute approximate surface area is 179 Å². The second-order valence-electron chi connectivity index (χ2n) is 7.92. The second-order valence-corrected chi connectivity index (χ2v) is 7.92. The first kappa shape index (κ1) is 19.5. The lowest BCUT2D eigenvalue weighted by atomic mass is 10.00. The molecule has 0 aliphatic carbocycles. The normalized spacial score (nSPS) is 14.8. The van der Waals surface area contributed by atoms with Crippen molar-refractivity contribution >= 4 is 5.65 Å². The maximum atomic E-state index is 12.2. The monoisotopic (exact) mass is 416 g/mol. The molecule has 158 valence electrons. The van der Waals surface area contributed by atoms with Gasteiger partial charge in [-0.05, 0) is 50.1 Å². The van der Waals surface area contributed by atoms with Gasteiger partial charge in [-0.15, -0.1) is 5.10 Å². The van der Waals surface area contributed by atoms with Crippen LogP contribution in [0.15, 0.2) is 59.5 Å². The SMILES string of the molecule is Cc1cc(-c2ccc3nc(C4CCOCC4)nn3c2Oc2ccccc2)cn(C)c1=O. The van der Waals surface area contributed by atoms with E-state index in [2.05, 4.69) is 0 Å². The van der Waals surface area contributed by atoms with Crippen molar-refractivity contribution < 1.29 is 9.47 Å². The molecule has 0 N–H and O–H groups in total. The van der Waals surface area contributed by atoms with Crippen molar-refractivity contribution in [3.8, 4) is 22.8 Å². The number of ether oxygens (including phenoxy) is 2. The number of rotatable bonds is 4. The Bertz CT molecular complexity index is 1260. The lowest BCUT2D eigenvalue weighted by Gasteiger charge is -2.18. The molecular weight excluding hydrogens is 392 g/mol. The number of hydrogen-bond donors (Lipinski definition) is 0. The van der Waals surface area contributed by atoms with Gasteiger partial charge in [-0.1, -0.05) is 18.2 Å². The molecule has 3 aromatic heterocycles. The summed E-state index contributed by atoms with van der Waals surface area (Å²) in [6.45, 7) is 3.28. The largest absolute Gasteiger partial charge is 0.438 e. The zero-order valence-electron chi connectivity index (χ0n) is 17.6. The van der Waals surface area contributed by atoms with Gasteiger partial charge in [-0.25, -0.2) is 4.98 Å². The number of fused-ring (bicyclic) bond motifs is 1. The van der Waals surface area contributed by atoms with E-state index < -0.39 is 0 Å². The smallest absolute Gasteiger partial charge is 0.253 e. The van der Waals surface area contributed by atoms with Gasteiger partial charge in [-0.2, -0.15) is 4.52 Å². The zero-order valence-corrected chi connectivity index (χ0v) is 17.6. The van der Waals surface area contributed by atoms with Gasteiger partial charge in [0.05, 0.1) is 0 Å². The highest BCUT2D eigenvalue weighted by Gasteiger charge is 2.23. The first-order chi connectivity index (χ1) is 15.1. The molecule has 7 heteroatoms. The molecular formula is C24H24N4O3. The van der Waals surface area contributed by atoms with Crippen LogP contribution in [0.4, 0.5) is 0 Å². The Hall–Kier alpha value is -3.45. The molecule has 0 saturated carbocycles. The van der Waals surface area contributed by atoms with Crippen molar-refractivity contribution in [2.75, 3.05) is 13.2 Å². The summed E-state index contributed by atoms with van der Waals surface area (Å²) in [7, 11) is 1.76. The fourth-order valence-corrected chi connectivity index (χ4v) is 4.01. The van der Waals surface area contributed by atoms with Gasteiger partial charge in [0.2, 0.25) is 5.88 Å². The summed E-state index contributed by atoms with van der Waals surface area (Å²) in [6.07, 6.45) is 3.65. The van der Waals surface area contributed by atoms with Crippen LogP contribution in [0.2, 0.25) is 0 Å². The summed E-state index contributed by atoms with van der Waals surface area (Å²) in [5.74, 6) is 2.38. The van der Waals surface area contributed by atoms with Gasteiger partial charge in [0.1, 0.15) is 5.75 Å². The van der Waals surface area contributed by atoms with Gasteiger partial charge in [-0.3, -0.25) is 4.79 Å². The predicted octanol–water partition coefficient (Wildman–Crippen LogP) is 4.09. The molecule has 31 heavy (non-hydrogen) atoms. The van der Waals surface area contributed by atoms with Gasteiger partial charge in [0.15, 0.2) is 11.5 Å². The van der Waals surface area contributed by atoms with Gasteiger partial charge >= 0.3 is 0 Å². The van der Waals surface area contributed by atoms with E-state index in [4.69, 9.17) is 19.6 Å². The van der Waals surface area contributed by atoms with Crippen LogP contribution < -0.4 is 10.3 Å². The molecule has 5 rings (SSSR count). The van der Waals surface area contributed by atoms with Crippen LogP contribution in [0.3, 0.4) is 0 Å². The first-order valence-corrected chi connectivity index (χ1v) is 10.5. The summed E-state index contributed by atoms with van der Waals surface area (Å²) < 4.78 is 15.2. The van der Waals surface area contributed by atoms with Crippen molar-refractivity contribution in [2.45, 2.75) is 25.7 Å². The van der Waals surface area contributed by atoms with Gasteiger partial charge in [0, 0.05) is 49.1 Å². The minimum atomic E-state index is -0.0158. The average Bonchev–Trinajstić information content (AvgIpc) is 3.24. The van der Waals surface area contributed by atoms with Crippen LogP contribution in [0, 0.1) is 6.92 Å². The summed E-state index contributed by atoms with van der Waals surface area (Å²) in [5, 5.41) is 4.84. The lowest BCUT2D eigenvalue weighted by molar-refractivity contribution is 0.0836. The highest BCUT2D eigenvalue weighted by molar-refractivity contribution is 5.71. The quantitative estimate of drug-likeness (QED) is 0.501. The Kier molecular flexibility index (Phi) is 5.03. The number of hydrogen-bond acceptors (Lipinski definition) is 5. The average molecular weight is 416 g/mol. The van der Waals surface area contributed by atoms with E-state index in [1.54, 1.807) is 16.1 Å². The molecule has 1 aliphatic heterocycles. The van der Waals surface area contributed by atoms with Gasteiger partial charge < -0.3 is 14.0 Å². The van der Waals surface area contributed by atoms with Gasteiger partial charge in [0.25, 0.3) is 5.56 Å². The maximum absolute atomic E-state index is 12.2. The van der Waals surface area contributed by atoms with Crippen LogP contribution >= 0.6 is 0 Å². The molecule has 0 unspecified atom stereocenters. The van der Waals surface area contributed by atoms with Crippen LogP contribution in [0.5, 0.6) is 11.6 Å². The number of pyridine rings is 2. The van der Waals surface area contributed by atoms with E-state index in [0.29, 0.717) is 17.2 Å². The molecule has 4 aromatic rings.